The Morgan fingerprint density at radius 2 is 2.25 bits per heavy atom. The summed E-state index contributed by atoms with van der Waals surface area (Å²) in [5.74, 6) is -0.112. The molecule has 114 valence electrons. The van der Waals surface area contributed by atoms with Gasteiger partial charge in [-0.3, -0.25) is 9.48 Å². The summed E-state index contributed by atoms with van der Waals surface area (Å²) in [6.07, 6.45) is 0.123. The number of amides is 1. The highest BCUT2D eigenvalue weighted by atomic mass is 35.5. The first-order valence-corrected chi connectivity index (χ1v) is 6.63. The molecule has 0 unspecified atom stereocenters. The van der Waals surface area contributed by atoms with Crippen molar-refractivity contribution in [3.05, 3.63) is 17.0 Å². The first-order valence-electron chi connectivity index (χ1n) is 6.63. The summed E-state index contributed by atoms with van der Waals surface area (Å²) in [7, 11) is 1.91. The molecule has 7 heteroatoms. The van der Waals surface area contributed by atoms with Gasteiger partial charge in [0.1, 0.15) is 6.17 Å². The van der Waals surface area contributed by atoms with Gasteiger partial charge < -0.3 is 10.6 Å². The predicted octanol–water partition coefficient (Wildman–Crippen LogP) is 0.817. The van der Waals surface area contributed by atoms with Gasteiger partial charge >= 0.3 is 0 Å². The van der Waals surface area contributed by atoms with E-state index >= 15 is 0 Å². The number of nitrogens with zero attached hydrogens (tertiary/aromatic N) is 2. The van der Waals surface area contributed by atoms with Crippen LogP contribution in [0.5, 0.6) is 0 Å². The Morgan fingerprint density at radius 3 is 2.75 bits per heavy atom. The molecule has 0 bridgehead atoms. The van der Waals surface area contributed by atoms with Crippen LogP contribution in [0, 0.1) is 13.8 Å². The largest absolute Gasteiger partial charge is 0.354 e. The molecule has 1 amide bonds. The van der Waals surface area contributed by atoms with Crippen molar-refractivity contribution in [3.63, 3.8) is 0 Å². The molecular formula is C13H22ClFN4O. The van der Waals surface area contributed by atoms with Crippen molar-refractivity contribution >= 4 is 18.3 Å². The van der Waals surface area contributed by atoms with Crippen LogP contribution in [0.1, 0.15) is 23.4 Å². The predicted molar refractivity (Wildman–Crippen MR) is 77.9 cm³/mol. The summed E-state index contributed by atoms with van der Waals surface area (Å²) in [5, 5.41) is 10.1. The summed E-state index contributed by atoms with van der Waals surface area (Å²) in [4.78, 5) is 11.8. The van der Waals surface area contributed by atoms with Crippen LogP contribution in [0.2, 0.25) is 0 Å². The van der Waals surface area contributed by atoms with Crippen LogP contribution in [-0.4, -0.2) is 41.0 Å². The number of carbonyl (C=O) groups is 1. The molecule has 1 aliphatic rings. The normalized spacial score (nSPS) is 21.6. The number of hydrogen-bond donors (Lipinski definition) is 2. The Balaban J connectivity index is 0.00000200. The molecule has 0 aliphatic carbocycles. The monoisotopic (exact) mass is 304 g/mol. The minimum atomic E-state index is -0.904. The summed E-state index contributed by atoms with van der Waals surface area (Å²) >= 11 is 0. The SMILES string of the molecule is Cc1nn(C)c(C)c1CCNC(=O)[C@H]1C[C@H](F)CN1.Cl. The Morgan fingerprint density at radius 1 is 1.55 bits per heavy atom. The summed E-state index contributed by atoms with van der Waals surface area (Å²) in [6.45, 7) is 4.82. The summed E-state index contributed by atoms with van der Waals surface area (Å²) < 4.78 is 14.8. The van der Waals surface area contributed by atoms with E-state index in [9.17, 15) is 9.18 Å². The Hall–Kier alpha value is -1.14. The van der Waals surface area contributed by atoms with E-state index in [1.807, 2.05) is 25.6 Å². The molecule has 1 saturated heterocycles. The van der Waals surface area contributed by atoms with Crippen LogP contribution >= 0.6 is 12.4 Å². The number of halogens is 2. The van der Waals surface area contributed by atoms with Crippen LogP contribution < -0.4 is 10.6 Å². The number of rotatable bonds is 4. The highest BCUT2D eigenvalue weighted by Gasteiger charge is 2.28. The van der Waals surface area contributed by atoms with E-state index in [1.165, 1.54) is 5.56 Å². The minimum Gasteiger partial charge on any atom is -0.354 e. The fourth-order valence-electron chi connectivity index (χ4n) is 2.51. The molecule has 1 aromatic rings. The first-order chi connectivity index (χ1) is 8.99. The molecule has 5 nitrogen and oxygen atoms in total. The standard InChI is InChI=1S/C13H21FN4O.ClH/c1-8-11(9(2)18(3)17-8)4-5-15-13(19)12-6-10(14)7-16-12;/h10,12,16H,4-7H2,1-3H3,(H,15,19);1H/t10-,12+;/m0./s1. The molecular weight excluding hydrogens is 283 g/mol. The van der Waals surface area contributed by atoms with E-state index in [4.69, 9.17) is 0 Å². The second-order valence-corrected chi connectivity index (χ2v) is 5.11. The topological polar surface area (TPSA) is 59.0 Å². The van der Waals surface area contributed by atoms with Gasteiger partial charge in [0, 0.05) is 32.3 Å². The number of alkyl halides is 1. The highest BCUT2D eigenvalue weighted by Crippen LogP contribution is 2.12. The lowest BCUT2D eigenvalue weighted by Gasteiger charge is -2.10. The Kier molecular flexibility index (Phi) is 5.95. The number of carbonyl (C=O) groups excluding carboxylic acids is 1. The third-order valence-corrected chi connectivity index (χ3v) is 3.73. The zero-order valence-electron chi connectivity index (χ0n) is 12.1. The van der Waals surface area contributed by atoms with Crippen molar-refractivity contribution in [3.8, 4) is 0 Å². The van der Waals surface area contributed by atoms with E-state index < -0.39 is 6.17 Å². The highest BCUT2D eigenvalue weighted by molar-refractivity contribution is 5.85. The van der Waals surface area contributed by atoms with Gasteiger partial charge in [-0.1, -0.05) is 0 Å². The Bertz CT molecular complexity index is 477. The Labute approximate surface area is 124 Å². The molecule has 0 saturated carbocycles. The van der Waals surface area contributed by atoms with Crippen molar-refractivity contribution in [2.24, 2.45) is 7.05 Å². The fourth-order valence-corrected chi connectivity index (χ4v) is 2.51. The minimum absolute atomic E-state index is 0. The van der Waals surface area contributed by atoms with E-state index in [-0.39, 0.29) is 37.3 Å². The molecule has 2 heterocycles. The van der Waals surface area contributed by atoms with Crippen molar-refractivity contribution in [1.29, 1.82) is 0 Å². The number of aryl methyl sites for hydroxylation is 2. The average Bonchev–Trinajstić information content (AvgIpc) is 2.88. The fraction of sp³-hybridized carbons (Fsp3) is 0.692. The third-order valence-electron chi connectivity index (χ3n) is 3.73. The molecule has 2 atom stereocenters. The quantitative estimate of drug-likeness (QED) is 0.866. The van der Waals surface area contributed by atoms with Gasteiger partial charge in [-0.05, 0) is 25.8 Å². The van der Waals surface area contributed by atoms with E-state index in [0.29, 0.717) is 6.54 Å². The van der Waals surface area contributed by atoms with Crippen LogP contribution in [0.4, 0.5) is 4.39 Å². The van der Waals surface area contributed by atoms with Gasteiger partial charge in [0.25, 0.3) is 0 Å². The number of aromatic nitrogens is 2. The lowest BCUT2D eigenvalue weighted by molar-refractivity contribution is -0.122. The molecule has 0 aromatic carbocycles. The maximum atomic E-state index is 13.0. The van der Waals surface area contributed by atoms with E-state index in [0.717, 1.165) is 17.8 Å². The van der Waals surface area contributed by atoms with Crippen LogP contribution in [0.25, 0.3) is 0 Å². The first kappa shape index (κ1) is 16.9. The lowest BCUT2D eigenvalue weighted by Crippen LogP contribution is -2.41. The molecule has 0 radical (unpaired) electrons. The van der Waals surface area contributed by atoms with Crippen LogP contribution in [0.15, 0.2) is 0 Å². The molecule has 2 N–H and O–H groups in total. The van der Waals surface area contributed by atoms with Crippen molar-refractivity contribution in [1.82, 2.24) is 20.4 Å². The summed E-state index contributed by atoms with van der Waals surface area (Å²) in [5.41, 5.74) is 3.29. The van der Waals surface area contributed by atoms with Crippen LogP contribution in [-0.2, 0) is 18.3 Å². The maximum Gasteiger partial charge on any atom is 0.237 e. The van der Waals surface area contributed by atoms with Crippen molar-refractivity contribution in [2.45, 2.75) is 38.9 Å². The molecule has 1 aliphatic heterocycles. The van der Waals surface area contributed by atoms with Crippen molar-refractivity contribution < 1.29 is 9.18 Å². The average molecular weight is 305 g/mol. The molecule has 1 aromatic heterocycles. The van der Waals surface area contributed by atoms with Gasteiger partial charge in [-0.25, -0.2) is 4.39 Å². The zero-order valence-corrected chi connectivity index (χ0v) is 12.9. The molecule has 1 fully saturated rings. The van der Waals surface area contributed by atoms with E-state index in [2.05, 4.69) is 15.7 Å². The van der Waals surface area contributed by atoms with E-state index in [1.54, 1.807) is 0 Å². The van der Waals surface area contributed by atoms with Gasteiger partial charge in [0.2, 0.25) is 5.91 Å². The number of hydrogen-bond acceptors (Lipinski definition) is 3. The van der Waals surface area contributed by atoms with Gasteiger partial charge in [0.15, 0.2) is 0 Å². The second-order valence-electron chi connectivity index (χ2n) is 5.11. The molecule has 2 rings (SSSR count). The second kappa shape index (κ2) is 7.04. The summed E-state index contributed by atoms with van der Waals surface area (Å²) in [6, 6.07) is -0.383. The number of nitrogens with one attached hydrogen (secondary N) is 2. The molecule has 20 heavy (non-hydrogen) atoms. The lowest BCUT2D eigenvalue weighted by atomic mass is 10.1. The van der Waals surface area contributed by atoms with Crippen molar-refractivity contribution in [2.75, 3.05) is 13.1 Å². The van der Waals surface area contributed by atoms with Gasteiger partial charge in [-0.15, -0.1) is 12.4 Å². The smallest absolute Gasteiger partial charge is 0.237 e. The maximum absolute atomic E-state index is 13.0. The van der Waals surface area contributed by atoms with Gasteiger partial charge in [0.05, 0.1) is 11.7 Å². The zero-order chi connectivity index (χ0) is 14.0. The van der Waals surface area contributed by atoms with Gasteiger partial charge in [-0.2, -0.15) is 5.10 Å². The third kappa shape index (κ3) is 3.70. The van der Waals surface area contributed by atoms with Crippen LogP contribution in [0.3, 0.4) is 0 Å². The molecule has 0 spiro atoms.